The molecule has 1 aromatic rings. The molecule has 1 rings (SSSR count). The molecule has 93 valence electrons. The molecule has 0 aliphatic carbocycles. The molecule has 0 bridgehead atoms. The van der Waals surface area contributed by atoms with Crippen molar-refractivity contribution < 1.29 is 51.8 Å². The van der Waals surface area contributed by atoms with Crippen molar-refractivity contribution in [2.45, 2.75) is 13.8 Å². The number of carbonyl (C=O) groups is 3. The van der Waals surface area contributed by atoms with Crippen LogP contribution in [-0.4, -0.2) is 24.1 Å². The number of esters is 1. The van der Waals surface area contributed by atoms with Gasteiger partial charge in [-0.05, 0) is 13.8 Å². The van der Waals surface area contributed by atoms with E-state index in [-0.39, 0.29) is 39.3 Å². The molecule has 5 heteroatoms. The van der Waals surface area contributed by atoms with Crippen molar-refractivity contribution in [3.63, 3.8) is 0 Å². The van der Waals surface area contributed by atoms with Crippen LogP contribution in [0.3, 0.4) is 0 Å². The van der Waals surface area contributed by atoms with Crippen molar-refractivity contribution >= 4 is 17.5 Å². The summed E-state index contributed by atoms with van der Waals surface area (Å²) in [5, 5.41) is 0. The molecule has 1 atom stereocenters. The summed E-state index contributed by atoms with van der Waals surface area (Å²) >= 11 is 0. The van der Waals surface area contributed by atoms with Crippen LogP contribution in [0.4, 0.5) is 0 Å². The van der Waals surface area contributed by atoms with E-state index in [9.17, 15) is 14.4 Å². The van der Waals surface area contributed by atoms with E-state index in [1.54, 1.807) is 31.2 Å². The van der Waals surface area contributed by atoms with E-state index < -0.39 is 23.5 Å². The summed E-state index contributed by atoms with van der Waals surface area (Å²) in [6.45, 7) is 3.12. The third-order valence-electron chi connectivity index (χ3n) is 2.27. The van der Waals surface area contributed by atoms with E-state index in [4.69, 9.17) is 0 Å². The summed E-state index contributed by atoms with van der Waals surface area (Å²) in [5.41, 5.74) is 0.383. The van der Waals surface area contributed by atoms with Crippen molar-refractivity contribution in [2.75, 3.05) is 6.61 Å². The Morgan fingerprint density at radius 3 is 2.33 bits per heavy atom. The quantitative estimate of drug-likeness (QED) is 0.271. The molecule has 0 amide bonds. The first kappa shape index (κ1) is 17.1. The molecule has 0 fully saturated rings. The molecular formula is C13H13O4Y-. The second-order valence-corrected chi connectivity index (χ2v) is 3.46. The predicted molar refractivity (Wildman–Crippen MR) is 60.4 cm³/mol. The van der Waals surface area contributed by atoms with Crippen LogP contribution in [0.5, 0.6) is 0 Å². The zero-order valence-corrected chi connectivity index (χ0v) is 13.1. The topological polar surface area (TPSA) is 60.4 Å². The minimum absolute atomic E-state index is 0. The molecule has 0 spiro atoms. The van der Waals surface area contributed by atoms with Gasteiger partial charge in [-0.1, -0.05) is 5.56 Å². The fourth-order valence-electron chi connectivity index (χ4n) is 1.30. The third-order valence-corrected chi connectivity index (χ3v) is 2.27. The van der Waals surface area contributed by atoms with Gasteiger partial charge in [-0.2, -0.15) is 30.3 Å². The smallest absolute Gasteiger partial charge is 0.375 e. The van der Waals surface area contributed by atoms with Crippen molar-refractivity contribution in [3.8, 4) is 0 Å². The van der Waals surface area contributed by atoms with Crippen LogP contribution in [0.2, 0.25) is 0 Å². The van der Waals surface area contributed by atoms with Crippen LogP contribution >= 0.6 is 0 Å². The van der Waals surface area contributed by atoms with Crippen molar-refractivity contribution in [1.82, 2.24) is 0 Å². The van der Waals surface area contributed by atoms with E-state index in [1.165, 1.54) is 6.92 Å². The second kappa shape index (κ2) is 8.27. The molecule has 4 nitrogen and oxygen atoms in total. The van der Waals surface area contributed by atoms with Gasteiger partial charge in [0.2, 0.25) is 5.78 Å². The van der Waals surface area contributed by atoms with Crippen LogP contribution in [0.15, 0.2) is 24.3 Å². The molecule has 0 aromatic heterocycles. The number of ether oxygens (including phenoxy) is 1. The van der Waals surface area contributed by atoms with Crippen LogP contribution in [0.1, 0.15) is 24.2 Å². The van der Waals surface area contributed by atoms with Crippen LogP contribution in [-0.2, 0) is 47.0 Å². The average molecular weight is 322 g/mol. The van der Waals surface area contributed by atoms with Gasteiger partial charge in [-0.3, -0.25) is 9.59 Å². The van der Waals surface area contributed by atoms with Crippen LogP contribution in [0.25, 0.3) is 0 Å². The van der Waals surface area contributed by atoms with E-state index in [0.717, 1.165) is 0 Å². The van der Waals surface area contributed by atoms with Gasteiger partial charge in [0, 0.05) is 32.7 Å². The molecule has 18 heavy (non-hydrogen) atoms. The minimum Gasteiger partial charge on any atom is -0.460 e. The van der Waals surface area contributed by atoms with Gasteiger partial charge in [0.1, 0.15) is 5.78 Å². The van der Waals surface area contributed by atoms with Crippen molar-refractivity contribution in [2.24, 2.45) is 5.92 Å². The molecule has 0 saturated carbocycles. The zero-order valence-electron chi connectivity index (χ0n) is 10.3. The third kappa shape index (κ3) is 4.43. The summed E-state index contributed by atoms with van der Waals surface area (Å²) in [4.78, 5) is 34.6. The van der Waals surface area contributed by atoms with Crippen LogP contribution in [0, 0.1) is 12.0 Å². The Bertz CT molecular complexity index is 428. The van der Waals surface area contributed by atoms with E-state index in [0.29, 0.717) is 5.56 Å². The monoisotopic (exact) mass is 322 g/mol. The molecule has 1 aromatic carbocycles. The number of Topliss-reactive ketones (excluding diaryl/α,β-unsaturated/α-hetero) is 2. The van der Waals surface area contributed by atoms with Crippen LogP contribution < -0.4 is 0 Å². The van der Waals surface area contributed by atoms with Crippen molar-refractivity contribution in [1.29, 1.82) is 0 Å². The number of hydrogen-bond donors (Lipinski definition) is 0. The Morgan fingerprint density at radius 1 is 1.28 bits per heavy atom. The number of ketones is 2. The fourth-order valence-corrected chi connectivity index (χ4v) is 1.30. The van der Waals surface area contributed by atoms with E-state index in [1.807, 2.05) is 0 Å². The molecule has 0 aliphatic heterocycles. The minimum atomic E-state index is -1.02. The second-order valence-electron chi connectivity index (χ2n) is 3.46. The molecule has 0 aliphatic rings. The summed E-state index contributed by atoms with van der Waals surface area (Å²) in [5.74, 6) is -3.19. The molecule has 1 unspecified atom stereocenters. The SMILES string of the molecule is CCOC(=O)C(=O)C(C)C(=O)c1cc[c-]cc1.[Y]. The predicted octanol–water partition coefficient (Wildman–Crippen LogP) is 1.44. The number of carbonyl (C=O) groups excluding carboxylic acids is 3. The van der Waals surface area contributed by atoms with Gasteiger partial charge in [-0.25, -0.2) is 4.79 Å². The normalized spacial score (nSPS) is 11.0. The van der Waals surface area contributed by atoms with Crippen molar-refractivity contribution in [3.05, 3.63) is 35.9 Å². The zero-order chi connectivity index (χ0) is 12.8. The van der Waals surface area contributed by atoms with E-state index >= 15 is 0 Å². The Hall–Kier alpha value is -0.866. The number of hydrogen-bond acceptors (Lipinski definition) is 4. The molecular weight excluding hydrogens is 309 g/mol. The Labute approximate surface area is 131 Å². The number of benzene rings is 1. The Morgan fingerprint density at radius 2 is 1.83 bits per heavy atom. The Balaban J connectivity index is 0.00000289. The summed E-state index contributed by atoms with van der Waals surface area (Å²) in [6, 6.07) is 9.03. The van der Waals surface area contributed by atoms with Gasteiger partial charge < -0.3 is 4.74 Å². The Kier molecular flexibility index (Phi) is 7.88. The van der Waals surface area contributed by atoms with Gasteiger partial charge in [0.15, 0.2) is 0 Å². The van der Waals surface area contributed by atoms with E-state index in [2.05, 4.69) is 10.8 Å². The largest absolute Gasteiger partial charge is 0.460 e. The first-order chi connectivity index (χ1) is 8.07. The summed E-state index contributed by atoms with van der Waals surface area (Å²) < 4.78 is 4.56. The molecule has 0 heterocycles. The first-order valence-corrected chi connectivity index (χ1v) is 5.29. The average Bonchev–Trinajstić information content (AvgIpc) is 2.37. The van der Waals surface area contributed by atoms with Gasteiger partial charge in [0.25, 0.3) is 0 Å². The maximum absolute atomic E-state index is 11.9. The fraction of sp³-hybridized carbons (Fsp3) is 0.308. The number of rotatable bonds is 5. The maximum atomic E-state index is 11.9. The maximum Gasteiger partial charge on any atom is 0.375 e. The standard InChI is InChI=1S/C13H13O4.Y/c1-3-17-13(16)12(15)9(2)11(14)10-7-5-4-6-8-10;/h5-9H,3H2,1-2H3;/q-1;. The summed E-state index contributed by atoms with van der Waals surface area (Å²) in [6.07, 6.45) is 0. The van der Waals surface area contributed by atoms with Gasteiger partial charge in [-0.15, -0.1) is 0 Å². The molecule has 1 radical (unpaired) electrons. The first-order valence-electron chi connectivity index (χ1n) is 5.29. The van der Waals surface area contributed by atoms with Gasteiger partial charge >= 0.3 is 5.97 Å². The molecule has 0 N–H and O–H groups in total. The summed E-state index contributed by atoms with van der Waals surface area (Å²) in [7, 11) is 0. The van der Waals surface area contributed by atoms with Gasteiger partial charge in [0.05, 0.1) is 12.5 Å². The molecule has 0 saturated heterocycles.